The van der Waals surface area contributed by atoms with E-state index in [2.05, 4.69) is 29.0 Å². The van der Waals surface area contributed by atoms with Crippen molar-refractivity contribution in [1.29, 1.82) is 0 Å². The molecular weight excluding hydrogens is 150 g/mol. The Labute approximate surface area is 72.5 Å². The Bertz CT molecular complexity index is 243. The van der Waals surface area contributed by atoms with Crippen molar-refractivity contribution in [2.45, 2.75) is 19.9 Å². The normalized spacial score (nSPS) is 9.42. The third-order valence-electron chi connectivity index (χ3n) is 1.61. The van der Waals surface area contributed by atoms with Gasteiger partial charge in [0.15, 0.2) is 0 Å². The van der Waals surface area contributed by atoms with Crippen LogP contribution in [0.2, 0.25) is 0 Å². The second-order valence-corrected chi connectivity index (χ2v) is 2.56. The van der Waals surface area contributed by atoms with Gasteiger partial charge in [0, 0.05) is 18.4 Å². The molecule has 0 unspecified atom stereocenters. The molecule has 0 fully saturated rings. The summed E-state index contributed by atoms with van der Waals surface area (Å²) in [7, 11) is 0. The Morgan fingerprint density at radius 1 is 1.58 bits per heavy atom. The number of hydrogen-bond donors (Lipinski definition) is 1. The van der Waals surface area contributed by atoms with Gasteiger partial charge in [-0.1, -0.05) is 13.5 Å². The summed E-state index contributed by atoms with van der Waals surface area (Å²) >= 11 is 0. The van der Waals surface area contributed by atoms with Crippen LogP contribution >= 0.6 is 0 Å². The lowest BCUT2D eigenvalue weighted by atomic mass is 10.3. The first-order valence-corrected chi connectivity index (χ1v) is 4.00. The minimum atomic E-state index is 0.780. The Morgan fingerprint density at radius 3 is 3.00 bits per heavy atom. The molecule has 1 rings (SSSR count). The number of aromatic nitrogens is 2. The van der Waals surface area contributed by atoms with Crippen molar-refractivity contribution < 1.29 is 0 Å². The molecule has 0 spiro atoms. The number of nitrogens with zero attached hydrogens (tertiary/aromatic N) is 2. The van der Waals surface area contributed by atoms with Crippen LogP contribution in [0.3, 0.4) is 0 Å². The fraction of sp³-hybridized carbons (Fsp3) is 0.333. The molecule has 0 radical (unpaired) electrons. The zero-order valence-electron chi connectivity index (χ0n) is 7.25. The van der Waals surface area contributed by atoms with Crippen molar-refractivity contribution in [3.63, 3.8) is 0 Å². The van der Waals surface area contributed by atoms with Crippen molar-refractivity contribution in [1.82, 2.24) is 15.5 Å². The minimum Gasteiger partial charge on any atom is -0.385 e. The highest BCUT2D eigenvalue weighted by atomic mass is 15.1. The lowest BCUT2D eigenvalue weighted by molar-refractivity contribution is 0.769. The Morgan fingerprint density at radius 2 is 2.42 bits per heavy atom. The van der Waals surface area contributed by atoms with Gasteiger partial charge in [0.1, 0.15) is 0 Å². The molecule has 3 nitrogen and oxygen atoms in total. The van der Waals surface area contributed by atoms with Crippen LogP contribution in [0.1, 0.15) is 18.9 Å². The fourth-order valence-electron chi connectivity index (χ4n) is 0.775. The van der Waals surface area contributed by atoms with E-state index in [4.69, 9.17) is 0 Å². The molecule has 1 N–H and O–H groups in total. The van der Waals surface area contributed by atoms with E-state index in [9.17, 15) is 0 Å². The van der Waals surface area contributed by atoms with Crippen LogP contribution in [-0.4, -0.2) is 10.2 Å². The summed E-state index contributed by atoms with van der Waals surface area (Å²) in [6.07, 6.45) is 4.39. The van der Waals surface area contributed by atoms with Gasteiger partial charge in [0.05, 0.1) is 6.20 Å². The number of nitrogens with one attached hydrogen (secondary N) is 1. The Kier molecular flexibility index (Phi) is 3.26. The van der Waals surface area contributed by atoms with E-state index in [1.54, 1.807) is 12.4 Å². The molecular formula is C9H13N3. The summed E-state index contributed by atoms with van der Waals surface area (Å²) in [5.41, 5.74) is 2.17. The zero-order chi connectivity index (χ0) is 8.81. The topological polar surface area (TPSA) is 37.8 Å². The highest BCUT2D eigenvalue weighted by molar-refractivity contribution is 5.06. The van der Waals surface area contributed by atoms with E-state index in [0.717, 1.165) is 24.2 Å². The predicted octanol–water partition coefficient (Wildman–Crippen LogP) is 1.49. The van der Waals surface area contributed by atoms with Crippen LogP contribution in [0.15, 0.2) is 30.7 Å². The van der Waals surface area contributed by atoms with Crippen LogP contribution in [0, 0.1) is 0 Å². The number of rotatable bonds is 4. The monoisotopic (exact) mass is 163 g/mol. The molecule has 0 saturated carbocycles. The fourth-order valence-corrected chi connectivity index (χ4v) is 0.775. The first-order valence-electron chi connectivity index (χ1n) is 4.00. The van der Waals surface area contributed by atoms with Gasteiger partial charge in [-0.25, -0.2) is 0 Å². The molecule has 0 aromatic carbocycles. The maximum absolute atomic E-state index is 3.84. The molecule has 0 bridgehead atoms. The van der Waals surface area contributed by atoms with Crippen LogP contribution in [-0.2, 0) is 6.54 Å². The number of allylic oxidation sites excluding steroid dienone is 1. The van der Waals surface area contributed by atoms with Crippen LogP contribution in [0.25, 0.3) is 0 Å². The molecule has 1 aromatic rings. The van der Waals surface area contributed by atoms with E-state index in [0.29, 0.717) is 0 Å². The second-order valence-electron chi connectivity index (χ2n) is 2.56. The molecule has 1 aromatic heterocycles. The predicted molar refractivity (Wildman–Crippen MR) is 48.3 cm³/mol. The smallest absolute Gasteiger partial charge is 0.0546 e. The van der Waals surface area contributed by atoms with E-state index >= 15 is 0 Å². The van der Waals surface area contributed by atoms with Crippen molar-refractivity contribution in [2.75, 3.05) is 0 Å². The van der Waals surface area contributed by atoms with Gasteiger partial charge in [-0.15, -0.1) is 0 Å². The third kappa shape index (κ3) is 2.70. The van der Waals surface area contributed by atoms with Crippen molar-refractivity contribution >= 4 is 0 Å². The van der Waals surface area contributed by atoms with Gasteiger partial charge in [-0.3, -0.25) is 0 Å². The van der Waals surface area contributed by atoms with Gasteiger partial charge in [-0.05, 0) is 18.1 Å². The van der Waals surface area contributed by atoms with Crippen molar-refractivity contribution in [3.05, 3.63) is 36.3 Å². The van der Waals surface area contributed by atoms with E-state index < -0.39 is 0 Å². The second kappa shape index (κ2) is 4.49. The zero-order valence-corrected chi connectivity index (χ0v) is 7.25. The Balaban J connectivity index is 2.38. The van der Waals surface area contributed by atoms with E-state index in [-0.39, 0.29) is 0 Å². The largest absolute Gasteiger partial charge is 0.385 e. The van der Waals surface area contributed by atoms with Gasteiger partial charge >= 0.3 is 0 Å². The van der Waals surface area contributed by atoms with Gasteiger partial charge in [0.2, 0.25) is 0 Å². The molecule has 0 aliphatic heterocycles. The number of hydrogen-bond acceptors (Lipinski definition) is 3. The lowest BCUT2D eigenvalue weighted by Crippen LogP contribution is -2.11. The molecule has 12 heavy (non-hydrogen) atoms. The first kappa shape index (κ1) is 8.71. The summed E-state index contributed by atoms with van der Waals surface area (Å²) in [6, 6.07) is 1.93. The summed E-state index contributed by atoms with van der Waals surface area (Å²) in [5.74, 6) is 0. The Hall–Kier alpha value is -1.38. The molecule has 64 valence electrons. The summed E-state index contributed by atoms with van der Waals surface area (Å²) in [4.78, 5) is 0. The highest BCUT2D eigenvalue weighted by Crippen LogP contribution is 1.96. The standard InChI is InChI=1S/C9H13N3/c1-3-8(2)10-6-9-4-5-11-12-7-9/h4-5,7,10H,2-3,6H2,1H3. The lowest BCUT2D eigenvalue weighted by Gasteiger charge is -2.05. The van der Waals surface area contributed by atoms with Crippen LogP contribution < -0.4 is 5.32 Å². The van der Waals surface area contributed by atoms with Crippen LogP contribution in [0.5, 0.6) is 0 Å². The molecule has 0 aliphatic rings. The van der Waals surface area contributed by atoms with Gasteiger partial charge in [-0.2, -0.15) is 10.2 Å². The minimum absolute atomic E-state index is 0.780. The molecule has 0 amide bonds. The summed E-state index contributed by atoms with van der Waals surface area (Å²) in [6.45, 7) is 6.69. The molecule has 0 aliphatic carbocycles. The quantitative estimate of drug-likeness (QED) is 0.730. The summed E-state index contributed by atoms with van der Waals surface area (Å²) < 4.78 is 0. The highest BCUT2D eigenvalue weighted by Gasteiger charge is 1.91. The van der Waals surface area contributed by atoms with E-state index in [1.807, 2.05) is 6.07 Å². The molecule has 0 atom stereocenters. The maximum Gasteiger partial charge on any atom is 0.0546 e. The van der Waals surface area contributed by atoms with Crippen molar-refractivity contribution in [2.24, 2.45) is 0 Å². The average Bonchev–Trinajstić information content (AvgIpc) is 2.16. The average molecular weight is 163 g/mol. The SMILES string of the molecule is C=C(CC)NCc1ccnnc1. The van der Waals surface area contributed by atoms with Crippen molar-refractivity contribution in [3.8, 4) is 0 Å². The first-order chi connectivity index (χ1) is 5.83. The summed E-state index contributed by atoms with van der Waals surface area (Å²) in [5, 5.41) is 10.6. The van der Waals surface area contributed by atoms with E-state index in [1.165, 1.54) is 0 Å². The molecule has 1 heterocycles. The third-order valence-corrected chi connectivity index (χ3v) is 1.61. The van der Waals surface area contributed by atoms with Crippen LogP contribution in [0.4, 0.5) is 0 Å². The molecule has 3 heteroatoms. The maximum atomic E-state index is 3.84. The van der Waals surface area contributed by atoms with Gasteiger partial charge < -0.3 is 5.32 Å². The van der Waals surface area contributed by atoms with Gasteiger partial charge in [0.25, 0.3) is 0 Å². The molecule has 0 saturated heterocycles.